The van der Waals surface area contributed by atoms with Crippen molar-refractivity contribution in [3.63, 3.8) is 0 Å². The number of aromatic nitrogens is 3. The fourth-order valence-electron chi connectivity index (χ4n) is 4.09. The van der Waals surface area contributed by atoms with E-state index in [1.165, 1.54) is 30.7 Å². The van der Waals surface area contributed by atoms with Crippen LogP contribution in [0.5, 0.6) is 0 Å². The van der Waals surface area contributed by atoms with Gasteiger partial charge in [0.25, 0.3) is 11.6 Å². The van der Waals surface area contributed by atoms with Crippen LogP contribution in [-0.4, -0.2) is 43.6 Å². The van der Waals surface area contributed by atoms with Gasteiger partial charge >= 0.3 is 0 Å². The molecular weight excluding hydrogens is 346 g/mol. The van der Waals surface area contributed by atoms with Crippen LogP contribution in [0.4, 0.5) is 5.69 Å². The molecule has 0 saturated carbocycles. The van der Waals surface area contributed by atoms with Crippen LogP contribution in [0.25, 0.3) is 0 Å². The van der Waals surface area contributed by atoms with Crippen molar-refractivity contribution in [1.82, 2.24) is 19.7 Å². The van der Waals surface area contributed by atoms with E-state index in [4.69, 9.17) is 0 Å². The summed E-state index contributed by atoms with van der Waals surface area (Å²) in [6, 6.07) is 5.83. The average Bonchev–Trinajstić information content (AvgIpc) is 2.96. The van der Waals surface area contributed by atoms with Crippen LogP contribution in [0.3, 0.4) is 0 Å². The lowest BCUT2D eigenvalue weighted by atomic mass is 9.96. The number of likely N-dealkylation sites (tertiary alicyclic amines) is 1. The highest BCUT2D eigenvalue weighted by Gasteiger charge is 2.30. The van der Waals surface area contributed by atoms with Gasteiger partial charge in [-0.15, -0.1) is 10.2 Å². The van der Waals surface area contributed by atoms with Gasteiger partial charge in [-0.3, -0.25) is 14.9 Å². The van der Waals surface area contributed by atoms with E-state index in [9.17, 15) is 14.9 Å². The Morgan fingerprint density at radius 1 is 1.07 bits per heavy atom. The zero-order valence-corrected chi connectivity index (χ0v) is 15.2. The fourth-order valence-corrected chi connectivity index (χ4v) is 4.09. The first-order chi connectivity index (χ1) is 13.1. The molecule has 0 spiro atoms. The molecule has 1 saturated heterocycles. The summed E-state index contributed by atoms with van der Waals surface area (Å²) in [5.74, 6) is 2.19. The molecule has 1 unspecified atom stereocenters. The molecule has 1 amide bonds. The van der Waals surface area contributed by atoms with Crippen molar-refractivity contribution in [1.29, 1.82) is 0 Å². The lowest BCUT2D eigenvalue weighted by molar-refractivity contribution is -0.384. The van der Waals surface area contributed by atoms with Crippen LogP contribution in [0.1, 0.15) is 60.0 Å². The van der Waals surface area contributed by atoms with Crippen molar-refractivity contribution < 1.29 is 9.72 Å². The van der Waals surface area contributed by atoms with Crippen LogP contribution in [-0.2, 0) is 13.0 Å². The fraction of sp³-hybridized carbons (Fsp3) is 0.526. The first-order valence-corrected chi connectivity index (χ1v) is 9.59. The van der Waals surface area contributed by atoms with Gasteiger partial charge < -0.3 is 9.47 Å². The summed E-state index contributed by atoms with van der Waals surface area (Å²) in [7, 11) is 0. The smallest absolute Gasteiger partial charge is 0.269 e. The van der Waals surface area contributed by atoms with E-state index in [0.29, 0.717) is 18.7 Å². The summed E-state index contributed by atoms with van der Waals surface area (Å²) >= 11 is 0. The molecule has 142 valence electrons. The van der Waals surface area contributed by atoms with Gasteiger partial charge in [-0.2, -0.15) is 0 Å². The molecule has 0 radical (unpaired) electrons. The summed E-state index contributed by atoms with van der Waals surface area (Å²) in [4.78, 5) is 25.0. The maximum absolute atomic E-state index is 12.9. The molecule has 1 aromatic carbocycles. The van der Waals surface area contributed by atoms with Crippen molar-refractivity contribution in [2.45, 2.75) is 51.0 Å². The number of carbonyl (C=O) groups excluding carboxylic acids is 1. The minimum Gasteiger partial charge on any atom is -0.338 e. The van der Waals surface area contributed by atoms with Crippen molar-refractivity contribution in [3.05, 3.63) is 51.6 Å². The Bertz CT molecular complexity index is 846. The molecule has 1 atom stereocenters. The summed E-state index contributed by atoms with van der Waals surface area (Å²) in [6.07, 6.45) is 6.43. The number of non-ortho nitro benzene ring substituents is 1. The number of hydrogen-bond acceptors (Lipinski definition) is 5. The molecule has 1 fully saturated rings. The molecule has 8 nitrogen and oxygen atoms in total. The van der Waals surface area contributed by atoms with Gasteiger partial charge in [-0.05, 0) is 37.8 Å². The highest BCUT2D eigenvalue weighted by molar-refractivity contribution is 5.94. The number of amides is 1. The second-order valence-corrected chi connectivity index (χ2v) is 7.33. The second kappa shape index (κ2) is 7.46. The maximum atomic E-state index is 12.9. The van der Waals surface area contributed by atoms with Crippen LogP contribution < -0.4 is 0 Å². The molecule has 2 aromatic rings. The SMILES string of the molecule is O=C(c1ccc([N+](=O)[O-])cc1)N1CCCC(c2nnc3n2CCCCC3)C1. The zero-order chi connectivity index (χ0) is 18.8. The van der Waals surface area contributed by atoms with Gasteiger partial charge in [0.05, 0.1) is 4.92 Å². The first kappa shape index (κ1) is 17.6. The van der Waals surface area contributed by atoms with E-state index >= 15 is 0 Å². The lowest BCUT2D eigenvalue weighted by Crippen LogP contribution is -2.39. The second-order valence-electron chi connectivity index (χ2n) is 7.33. The number of nitro benzene ring substituents is 1. The Morgan fingerprint density at radius 3 is 2.67 bits per heavy atom. The minimum atomic E-state index is -0.456. The largest absolute Gasteiger partial charge is 0.338 e. The Balaban J connectivity index is 1.50. The molecule has 8 heteroatoms. The van der Waals surface area contributed by atoms with Crippen molar-refractivity contribution >= 4 is 11.6 Å². The Kier molecular flexibility index (Phi) is 4.87. The highest BCUT2D eigenvalue weighted by Crippen LogP contribution is 2.29. The standard InChI is InChI=1S/C19H23N5O3/c25-19(14-7-9-16(10-8-14)24(26)27)22-11-4-5-15(13-22)18-21-20-17-6-2-1-3-12-23(17)18/h7-10,15H,1-6,11-13H2. The summed E-state index contributed by atoms with van der Waals surface area (Å²) in [5.41, 5.74) is 0.482. The molecule has 4 rings (SSSR count). The molecule has 3 heterocycles. The van der Waals surface area contributed by atoms with E-state index in [-0.39, 0.29) is 17.5 Å². The maximum Gasteiger partial charge on any atom is 0.269 e. The van der Waals surface area contributed by atoms with E-state index in [1.807, 2.05) is 4.90 Å². The highest BCUT2D eigenvalue weighted by atomic mass is 16.6. The molecule has 2 aliphatic heterocycles. The predicted octanol–water partition coefficient (Wildman–Crippen LogP) is 2.93. The van der Waals surface area contributed by atoms with Crippen LogP contribution in [0.15, 0.2) is 24.3 Å². The first-order valence-electron chi connectivity index (χ1n) is 9.59. The third kappa shape index (κ3) is 3.56. The van der Waals surface area contributed by atoms with E-state index in [2.05, 4.69) is 14.8 Å². The normalized spacial score (nSPS) is 20.0. The molecule has 1 aromatic heterocycles. The topological polar surface area (TPSA) is 94.2 Å². The Hall–Kier alpha value is -2.77. The average molecular weight is 369 g/mol. The third-order valence-corrected chi connectivity index (χ3v) is 5.54. The predicted molar refractivity (Wildman–Crippen MR) is 98.6 cm³/mol. The van der Waals surface area contributed by atoms with Gasteiger partial charge in [0, 0.05) is 49.7 Å². The van der Waals surface area contributed by atoms with Gasteiger partial charge in [-0.25, -0.2) is 0 Å². The van der Waals surface area contributed by atoms with E-state index in [0.717, 1.165) is 50.3 Å². The molecular formula is C19H23N5O3. The lowest BCUT2D eigenvalue weighted by Gasteiger charge is -2.32. The summed E-state index contributed by atoms with van der Waals surface area (Å²) in [6.45, 7) is 2.28. The number of piperidine rings is 1. The van der Waals surface area contributed by atoms with Crippen LogP contribution in [0, 0.1) is 10.1 Å². The van der Waals surface area contributed by atoms with Gasteiger partial charge in [0.15, 0.2) is 0 Å². The zero-order valence-electron chi connectivity index (χ0n) is 15.2. The van der Waals surface area contributed by atoms with Gasteiger partial charge in [0.2, 0.25) is 0 Å². The number of nitrogens with zero attached hydrogens (tertiary/aromatic N) is 5. The monoisotopic (exact) mass is 369 g/mol. The number of aryl methyl sites for hydroxylation is 1. The van der Waals surface area contributed by atoms with Crippen molar-refractivity contribution in [3.8, 4) is 0 Å². The van der Waals surface area contributed by atoms with Crippen LogP contribution in [0.2, 0.25) is 0 Å². The number of fused-ring (bicyclic) bond motifs is 1. The number of hydrogen-bond donors (Lipinski definition) is 0. The van der Waals surface area contributed by atoms with Crippen LogP contribution >= 0.6 is 0 Å². The molecule has 2 aliphatic rings. The molecule has 0 N–H and O–H groups in total. The van der Waals surface area contributed by atoms with Gasteiger partial charge in [-0.1, -0.05) is 6.42 Å². The molecule has 27 heavy (non-hydrogen) atoms. The summed E-state index contributed by atoms with van der Waals surface area (Å²) < 4.78 is 2.26. The van der Waals surface area contributed by atoms with E-state index in [1.54, 1.807) is 0 Å². The quantitative estimate of drug-likeness (QED) is 0.612. The number of nitro groups is 1. The summed E-state index contributed by atoms with van der Waals surface area (Å²) in [5, 5.41) is 19.6. The Labute approximate surface area is 157 Å². The van der Waals surface area contributed by atoms with E-state index < -0.39 is 4.92 Å². The molecule has 0 aliphatic carbocycles. The van der Waals surface area contributed by atoms with Crippen molar-refractivity contribution in [2.75, 3.05) is 13.1 Å². The number of carbonyl (C=O) groups is 1. The number of rotatable bonds is 3. The number of benzene rings is 1. The third-order valence-electron chi connectivity index (χ3n) is 5.54. The molecule has 0 bridgehead atoms. The van der Waals surface area contributed by atoms with Crippen molar-refractivity contribution in [2.24, 2.45) is 0 Å². The minimum absolute atomic E-state index is 0.00535. The Morgan fingerprint density at radius 2 is 1.89 bits per heavy atom. The van der Waals surface area contributed by atoms with Gasteiger partial charge in [0.1, 0.15) is 11.6 Å².